The highest BCUT2D eigenvalue weighted by Gasteiger charge is 2.50. The Hall–Kier alpha value is -1.69. The van der Waals surface area contributed by atoms with E-state index in [2.05, 4.69) is 107 Å². The zero-order chi connectivity index (χ0) is 23.4. The van der Waals surface area contributed by atoms with Gasteiger partial charge in [-0.05, 0) is 59.8 Å². The molecule has 1 N–H and O–H groups in total. The number of hydrogen-bond acceptors (Lipinski definition) is 3. The van der Waals surface area contributed by atoms with Gasteiger partial charge in [-0.2, -0.15) is 5.26 Å². The summed E-state index contributed by atoms with van der Waals surface area (Å²) in [5.41, 5.74) is 0.522. The lowest BCUT2D eigenvalue weighted by Gasteiger charge is -2.44. The first-order valence-corrected chi connectivity index (χ1v) is 14.1. The van der Waals surface area contributed by atoms with E-state index in [9.17, 15) is 10.4 Å². The second-order valence-electron chi connectivity index (χ2n) is 8.79. The van der Waals surface area contributed by atoms with Gasteiger partial charge in [0.15, 0.2) is 0 Å². The minimum Gasteiger partial charge on any atom is -0.405 e. The summed E-state index contributed by atoms with van der Waals surface area (Å²) in [6.07, 6.45) is 0.479. The van der Waals surface area contributed by atoms with Crippen LogP contribution in [0.2, 0.25) is 5.04 Å². The van der Waals surface area contributed by atoms with Crippen LogP contribution >= 0.6 is 31.9 Å². The standard InChI is InChI=1S/C25H28Br2N2O2Si/c1-25(2,3)32(21-10-6-4-7-11-21,22-12-8-5-9-13-22)31-18-19(14-15-30)29-20(17-28)16-23(26)24(29)27/h4-13,16,19,30H,14-15,18H2,1-3H3/t19-/m1/s1. The van der Waals surface area contributed by atoms with Crippen molar-refractivity contribution in [1.82, 2.24) is 4.57 Å². The minimum atomic E-state index is -2.72. The van der Waals surface area contributed by atoms with Crippen molar-refractivity contribution in [2.75, 3.05) is 13.2 Å². The number of benzene rings is 2. The fourth-order valence-electron chi connectivity index (χ4n) is 4.33. The fraction of sp³-hybridized carbons (Fsp3) is 0.320. The molecule has 32 heavy (non-hydrogen) atoms. The summed E-state index contributed by atoms with van der Waals surface area (Å²) in [4.78, 5) is 0. The quantitative estimate of drug-likeness (QED) is 0.367. The van der Waals surface area contributed by atoms with Gasteiger partial charge in [-0.15, -0.1) is 0 Å². The molecule has 0 amide bonds. The molecule has 168 valence electrons. The topological polar surface area (TPSA) is 58.2 Å². The van der Waals surface area contributed by atoms with Crippen molar-refractivity contribution in [3.05, 3.63) is 81.5 Å². The smallest absolute Gasteiger partial charge is 0.261 e. The van der Waals surface area contributed by atoms with Crippen LogP contribution in [0.4, 0.5) is 0 Å². The second-order valence-corrected chi connectivity index (χ2v) is 14.7. The largest absolute Gasteiger partial charge is 0.405 e. The molecule has 0 radical (unpaired) electrons. The molecule has 0 aliphatic rings. The summed E-state index contributed by atoms with van der Waals surface area (Å²) < 4.78 is 10.6. The highest BCUT2D eigenvalue weighted by molar-refractivity contribution is 9.13. The lowest BCUT2D eigenvalue weighted by molar-refractivity contribution is 0.191. The first-order chi connectivity index (χ1) is 15.3. The van der Waals surface area contributed by atoms with Gasteiger partial charge in [0, 0.05) is 6.61 Å². The molecule has 0 saturated heterocycles. The summed E-state index contributed by atoms with van der Waals surface area (Å²) >= 11 is 7.11. The normalized spacial score (nSPS) is 13.0. The Balaban J connectivity index is 2.12. The van der Waals surface area contributed by atoms with Crippen molar-refractivity contribution >= 4 is 50.6 Å². The van der Waals surface area contributed by atoms with Crippen LogP contribution in [0.5, 0.6) is 0 Å². The average Bonchev–Trinajstić information content (AvgIpc) is 3.07. The molecule has 1 aromatic heterocycles. The highest BCUT2D eigenvalue weighted by Crippen LogP contribution is 2.38. The third-order valence-electron chi connectivity index (χ3n) is 5.78. The van der Waals surface area contributed by atoms with Crippen LogP contribution in [0.25, 0.3) is 0 Å². The van der Waals surface area contributed by atoms with Crippen LogP contribution in [0.3, 0.4) is 0 Å². The summed E-state index contributed by atoms with van der Waals surface area (Å²) in [7, 11) is -2.72. The monoisotopic (exact) mass is 574 g/mol. The Kier molecular flexibility index (Phi) is 8.18. The summed E-state index contributed by atoms with van der Waals surface area (Å²) in [6.45, 7) is 7.10. The van der Waals surface area contributed by atoms with Crippen LogP contribution in [0, 0.1) is 11.3 Å². The summed E-state index contributed by atoms with van der Waals surface area (Å²) in [6, 6.07) is 24.8. The fourth-order valence-corrected chi connectivity index (χ4v) is 9.93. The van der Waals surface area contributed by atoms with E-state index in [-0.39, 0.29) is 17.7 Å². The van der Waals surface area contributed by atoms with Crippen LogP contribution in [0.1, 0.15) is 38.9 Å². The molecular formula is C25H28Br2N2O2Si. The number of rotatable bonds is 8. The second kappa shape index (κ2) is 10.5. The molecule has 0 fully saturated rings. The zero-order valence-electron chi connectivity index (χ0n) is 18.6. The SMILES string of the molecule is CC(C)(C)[Si](OC[C@@H](CCO)n1c(C#N)cc(Br)c1Br)(c1ccccc1)c1ccccc1. The van der Waals surface area contributed by atoms with Crippen molar-refractivity contribution in [2.24, 2.45) is 0 Å². The van der Waals surface area contributed by atoms with Crippen LogP contribution in [-0.4, -0.2) is 31.2 Å². The number of aliphatic hydroxyl groups excluding tert-OH is 1. The van der Waals surface area contributed by atoms with Crippen molar-refractivity contribution in [1.29, 1.82) is 5.26 Å². The number of nitriles is 1. The molecule has 4 nitrogen and oxygen atoms in total. The van der Waals surface area contributed by atoms with Gasteiger partial charge in [-0.1, -0.05) is 81.4 Å². The summed E-state index contributed by atoms with van der Waals surface area (Å²) in [5.74, 6) is 0. The van der Waals surface area contributed by atoms with Gasteiger partial charge >= 0.3 is 0 Å². The van der Waals surface area contributed by atoms with Gasteiger partial charge in [0.05, 0.1) is 17.1 Å². The van der Waals surface area contributed by atoms with Gasteiger partial charge in [0.2, 0.25) is 0 Å². The molecule has 0 bridgehead atoms. The van der Waals surface area contributed by atoms with E-state index in [4.69, 9.17) is 4.43 Å². The first kappa shape index (κ1) is 24.9. The number of aromatic nitrogens is 1. The third-order valence-corrected chi connectivity index (χ3v) is 12.7. The van der Waals surface area contributed by atoms with Crippen LogP contribution < -0.4 is 10.4 Å². The van der Waals surface area contributed by atoms with E-state index >= 15 is 0 Å². The number of halogens is 2. The van der Waals surface area contributed by atoms with Crippen molar-refractivity contribution in [3.8, 4) is 6.07 Å². The molecule has 0 aliphatic carbocycles. The third kappa shape index (κ3) is 4.80. The first-order valence-electron chi connectivity index (χ1n) is 10.6. The molecule has 3 aromatic rings. The highest BCUT2D eigenvalue weighted by atomic mass is 79.9. The Labute approximate surface area is 208 Å². The van der Waals surface area contributed by atoms with E-state index in [0.717, 1.165) is 9.08 Å². The van der Waals surface area contributed by atoms with E-state index in [1.807, 2.05) is 16.7 Å². The average molecular weight is 576 g/mol. The minimum absolute atomic E-state index is 0.00187. The number of nitrogens with zero attached hydrogens (tertiary/aromatic N) is 2. The predicted octanol–water partition coefficient (Wildman–Crippen LogP) is 5.38. The van der Waals surface area contributed by atoms with E-state index < -0.39 is 8.32 Å². The molecule has 0 aliphatic heterocycles. The molecule has 2 aromatic carbocycles. The molecule has 0 spiro atoms. The van der Waals surface area contributed by atoms with Gasteiger partial charge < -0.3 is 14.1 Å². The van der Waals surface area contributed by atoms with E-state index in [1.165, 1.54) is 10.4 Å². The van der Waals surface area contributed by atoms with Gasteiger partial charge in [0.25, 0.3) is 8.32 Å². The maximum Gasteiger partial charge on any atom is 0.261 e. The van der Waals surface area contributed by atoms with Crippen molar-refractivity contribution < 1.29 is 9.53 Å². The molecule has 0 unspecified atom stereocenters. The Morgan fingerprint density at radius 2 is 1.56 bits per heavy atom. The molecule has 3 rings (SSSR count). The van der Waals surface area contributed by atoms with Crippen LogP contribution in [-0.2, 0) is 4.43 Å². The maximum absolute atomic E-state index is 9.82. The molecule has 0 saturated carbocycles. The zero-order valence-corrected chi connectivity index (χ0v) is 22.7. The van der Waals surface area contributed by atoms with Crippen molar-refractivity contribution in [2.45, 2.75) is 38.3 Å². The molecule has 1 heterocycles. The molecule has 1 atom stereocenters. The Morgan fingerprint density at radius 1 is 1.03 bits per heavy atom. The van der Waals surface area contributed by atoms with E-state index in [0.29, 0.717) is 18.7 Å². The number of aliphatic hydroxyl groups is 1. The van der Waals surface area contributed by atoms with Gasteiger partial charge in [-0.3, -0.25) is 0 Å². The molecule has 7 heteroatoms. The Morgan fingerprint density at radius 3 is 2.00 bits per heavy atom. The van der Waals surface area contributed by atoms with E-state index in [1.54, 1.807) is 6.07 Å². The van der Waals surface area contributed by atoms with Crippen LogP contribution in [0.15, 0.2) is 75.8 Å². The van der Waals surface area contributed by atoms with Gasteiger partial charge in [0.1, 0.15) is 16.4 Å². The Bertz CT molecular complexity index is 1030. The predicted molar refractivity (Wildman–Crippen MR) is 139 cm³/mol. The van der Waals surface area contributed by atoms with Crippen molar-refractivity contribution in [3.63, 3.8) is 0 Å². The number of hydrogen-bond donors (Lipinski definition) is 1. The summed E-state index contributed by atoms with van der Waals surface area (Å²) in [5, 5.41) is 21.8. The lowest BCUT2D eigenvalue weighted by Crippen LogP contribution is -2.67. The van der Waals surface area contributed by atoms with Gasteiger partial charge in [-0.25, -0.2) is 0 Å². The lowest BCUT2D eigenvalue weighted by atomic mass is 10.2. The molecular weight excluding hydrogens is 548 g/mol. The maximum atomic E-state index is 9.82.